The summed E-state index contributed by atoms with van der Waals surface area (Å²) in [4.78, 5) is 38.5. The number of hydrogen-bond donors (Lipinski definition) is 2. The SMILES string of the molecule is CC1=NN(c2cccc(C(=O)NCC3CC3)c2)C(=O)C1=Cc1ccc(-c2ccc(Cl)c(C(=O)NCC3CC3)c2)o1. The van der Waals surface area contributed by atoms with Gasteiger partial charge in [0.05, 0.1) is 27.6 Å². The molecular formula is C31H29ClN4O4. The maximum absolute atomic E-state index is 13.3. The van der Waals surface area contributed by atoms with E-state index < -0.39 is 0 Å². The lowest BCUT2D eigenvalue weighted by Gasteiger charge is -2.13. The van der Waals surface area contributed by atoms with Gasteiger partial charge in [-0.15, -0.1) is 0 Å². The van der Waals surface area contributed by atoms with E-state index in [-0.39, 0.29) is 17.7 Å². The lowest BCUT2D eigenvalue weighted by molar-refractivity contribution is -0.114. The zero-order valence-electron chi connectivity index (χ0n) is 22.1. The first-order valence-corrected chi connectivity index (χ1v) is 13.9. The third-order valence-electron chi connectivity index (χ3n) is 7.32. The van der Waals surface area contributed by atoms with Gasteiger partial charge < -0.3 is 15.1 Å². The summed E-state index contributed by atoms with van der Waals surface area (Å²) in [5, 5.41) is 12.0. The summed E-state index contributed by atoms with van der Waals surface area (Å²) in [5.74, 6) is 1.47. The molecule has 0 radical (unpaired) electrons. The first-order chi connectivity index (χ1) is 19.4. The van der Waals surface area contributed by atoms with Crippen LogP contribution < -0.4 is 15.6 Å². The number of nitrogens with zero attached hydrogens (tertiary/aromatic N) is 2. The molecule has 0 unspecified atom stereocenters. The monoisotopic (exact) mass is 556 g/mol. The second-order valence-corrected chi connectivity index (χ2v) is 11.0. The number of hydrazone groups is 1. The van der Waals surface area contributed by atoms with Crippen molar-refractivity contribution in [3.8, 4) is 11.3 Å². The highest BCUT2D eigenvalue weighted by molar-refractivity contribution is 6.34. The molecule has 2 heterocycles. The predicted molar refractivity (Wildman–Crippen MR) is 154 cm³/mol. The fourth-order valence-corrected chi connectivity index (χ4v) is 4.74. The molecule has 2 aliphatic carbocycles. The maximum Gasteiger partial charge on any atom is 0.280 e. The molecular weight excluding hydrogens is 528 g/mol. The Morgan fingerprint density at radius 2 is 1.73 bits per heavy atom. The molecule has 6 rings (SSSR count). The number of amides is 3. The Bertz CT molecular complexity index is 1560. The van der Waals surface area contributed by atoms with Crippen molar-refractivity contribution in [3.05, 3.63) is 82.1 Å². The standard InChI is InChI=1S/C31H29ClN4O4/c1-18-25(31(39)36(35-18)23-4-2-3-22(13-23)29(37)33-16-19-5-6-19)15-24-10-12-28(40-24)21-9-11-27(32)26(14-21)30(38)34-17-20-7-8-20/h2-4,9-15,19-20H,5-8,16-17H2,1H3,(H,33,37)(H,34,38). The van der Waals surface area contributed by atoms with Crippen molar-refractivity contribution in [2.24, 2.45) is 16.9 Å². The molecule has 1 aliphatic heterocycles. The van der Waals surface area contributed by atoms with Gasteiger partial charge in [0.2, 0.25) is 0 Å². The average molecular weight is 557 g/mol. The summed E-state index contributed by atoms with van der Waals surface area (Å²) in [6.45, 7) is 3.08. The van der Waals surface area contributed by atoms with Crippen molar-refractivity contribution in [1.29, 1.82) is 0 Å². The molecule has 3 aromatic rings. The molecule has 2 fully saturated rings. The minimum atomic E-state index is -0.313. The first kappa shape index (κ1) is 26.1. The van der Waals surface area contributed by atoms with Crippen molar-refractivity contribution in [1.82, 2.24) is 10.6 Å². The van der Waals surface area contributed by atoms with E-state index in [0.717, 1.165) is 25.7 Å². The summed E-state index contributed by atoms with van der Waals surface area (Å²) in [5.41, 5.74) is 3.01. The van der Waals surface area contributed by atoms with Crippen LogP contribution in [0.1, 0.15) is 59.1 Å². The van der Waals surface area contributed by atoms with E-state index in [0.29, 0.717) is 75.1 Å². The van der Waals surface area contributed by atoms with Gasteiger partial charge in [-0.1, -0.05) is 17.7 Å². The summed E-state index contributed by atoms with van der Waals surface area (Å²) in [7, 11) is 0. The van der Waals surface area contributed by atoms with Crippen molar-refractivity contribution < 1.29 is 18.8 Å². The van der Waals surface area contributed by atoms with Gasteiger partial charge in [0.15, 0.2) is 0 Å². The third-order valence-corrected chi connectivity index (χ3v) is 7.65. The van der Waals surface area contributed by atoms with Crippen LogP contribution in [-0.2, 0) is 4.79 Å². The topological polar surface area (TPSA) is 104 Å². The number of carbonyl (C=O) groups is 3. The van der Waals surface area contributed by atoms with E-state index in [1.165, 1.54) is 5.01 Å². The van der Waals surface area contributed by atoms with Crippen LogP contribution in [0.2, 0.25) is 5.02 Å². The van der Waals surface area contributed by atoms with E-state index in [1.807, 2.05) is 0 Å². The predicted octanol–water partition coefficient (Wildman–Crippen LogP) is 5.69. The molecule has 2 aromatic carbocycles. The van der Waals surface area contributed by atoms with Gasteiger partial charge in [-0.2, -0.15) is 10.1 Å². The van der Waals surface area contributed by atoms with Crippen LogP contribution in [0, 0.1) is 11.8 Å². The fraction of sp³-hybridized carbons (Fsp3) is 0.290. The minimum Gasteiger partial charge on any atom is -0.457 e. The number of rotatable bonds is 9. The molecule has 40 heavy (non-hydrogen) atoms. The van der Waals surface area contributed by atoms with Gasteiger partial charge in [-0.3, -0.25) is 14.4 Å². The normalized spacial score (nSPS) is 17.8. The minimum absolute atomic E-state index is 0.161. The highest BCUT2D eigenvalue weighted by Crippen LogP contribution is 2.31. The number of carbonyl (C=O) groups excluding carboxylic acids is 3. The highest BCUT2D eigenvalue weighted by atomic mass is 35.5. The molecule has 0 atom stereocenters. The van der Waals surface area contributed by atoms with Crippen molar-refractivity contribution in [2.75, 3.05) is 18.1 Å². The first-order valence-electron chi connectivity index (χ1n) is 13.5. The van der Waals surface area contributed by atoms with Gasteiger partial charge in [0, 0.05) is 24.2 Å². The smallest absolute Gasteiger partial charge is 0.280 e. The molecule has 1 aromatic heterocycles. The van der Waals surface area contributed by atoms with Crippen LogP contribution in [-0.4, -0.2) is 36.5 Å². The Balaban J connectivity index is 1.17. The summed E-state index contributed by atoms with van der Waals surface area (Å²) in [6.07, 6.45) is 6.25. The highest BCUT2D eigenvalue weighted by Gasteiger charge is 2.30. The van der Waals surface area contributed by atoms with Crippen molar-refractivity contribution in [3.63, 3.8) is 0 Å². The number of furan rings is 1. The molecule has 3 amide bonds. The lowest BCUT2D eigenvalue weighted by atomic mass is 10.1. The quantitative estimate of drug-likeness (QED) is 0.331. The zero-order valence-corrected chi connectivity index (χ0v) is 22.8. The molecule has 3 aliphatic rings. The number of halogens is 1. The molecule has 0 spiro atoms. The molecule has 2 N–H and O–H groups in total. The second kappa shape index (κ2) is 10.8. The number of benzene rings is 2. The van der Waals surface area contributed by atoms with E-state index in [2.05, 4.69) is 15.7 Å². The zero-order chi connectivity index (χ0) is 27.8. The van der Waals surface area contributed by atoms with Gasteiger partial charge in [0.25, 0.3) is 17.7 Å². The Labute approximate surface area is 237 Å². The van der Waals surface area contributed by atoms with E-state index in [9.17, 15) is 14.4 Å². The average Bonchev–Trinajstić information content (AvgIpc) is 3.89. The Hall–Kier alpha value is -4.17. The molecule has 204 valence electrons. The van der Waals surface area contributed by atoms with E-state index in [4.69, 9.17) is 16.0 Å². The number of hydrogen-bond acceptors (Lipinski definition) is 5. The Morgan fingerprint density at radius 1 is 1.00 bits per heavy atom. The third kappa shape index (κ3) is 5.72. The van der Waals surface area contributed by atoms with E-state index >= 15 is 0 Å². The van der Waals surface area contributed by atoms with Crippen LogP contribution >= 0.6 is 11.6 Å². The van der Waals surface area contributed by atoms with Gasteiger partial charge in [-0.25, -0.2) is 0 Å². The molecule has 0 bridgehead atoms. The fourth-order valence-electron chi connectivity index (χ4n) is 4.53. The number of nitrogens with one attached hydrogen (secondary N) is 2. The number of anilines is 1. The summed E-state index contributed by atoms with van der Waals surface area (Å²) < 4.78 is 6.02. The summed E-state index contributed by atoms with van der Waals surface area (Å²) in [6, 6.07) is 15.6. The van der Waals surface area contributed by atoms with Gasteiger partial charge in [0.1, 0.15) is 11.5 Å². The molecule has 0 saturated heterocycles. The van der Waals surface area contributed by atoms with Crippen molar-refractivity contribution in [2.45, 2.75) is 32.6 Å². The largest absolute Gasteiger partial charge is 0.457 e. The van der Waals surface area contributed by atoms with Crippen LogP contribution in [0.15, 0.2) is 69.7 Å². The van der Waals surface area contributed by atoms with E-state index in [1.54, 1.807) is 67.6 Å². The molecule has 8 nitrogen and oxygen atoms in total. The van der Waals surface area contributed by atoms with Gasteiger partial charge in [-0.05, 0) is 99.0 Å². The maximum atomic E-state index is 13.3. The Kier molecular flexibility index (Phi) is 7.02. The Morgan fingerprint density at radius 3 is 2.45 bits per heavy atom. The molecule has 9 heteroatoms. The van der Waals surface area contributed by atoms with Gasteiger partial charge >= 0.3 is 0 Å². The van der Waals surface area contributed by atoms with Crippen LogP contribution in [0.5, 0.6) is 0 Å². The van der Waals surface area contributed by atoms with Crippen LogP contribution in [0.3, 0.4) is 0 Å². The van der Waals surface area contributed by atoms with Crippen LogP contribution in [0.4, 0.5) is 5.69 Å². The summed E-state index contributed by atoms with van der Waals surface area (Å²) >= 11 is 6.30. The van der Waals surface area contributed by atoms with Crippen LogP contribution in [0.25, 0.3) is 17.4 Å². The molecule has 2 saturated carbocycles. The second-order valence-electron chi connectivity index (χ2n) is 10.6. The lowest BCUT2D eigenvalue weighted by Crippen LogP contribution is -2.26. The van der Waals surface area contributed by atoms with Crippen molar-refractivity contribution >= 4 is 46.8 Å².